The number of halogens is 4. The zero-order valence-corrected chi connectivity index (χ0v) is 12.3. The SMILES string of the molecule is O=C1CC[C@@H](Nc2ncc(C(F)(F)F)cc2Cl)[C@H](C2CC2)N1. The average Bonchev–Trinajstić information content (AvgIpc) is 3.26. The van der Waals surface area contributed by atoms with Crippen LogP contribution < -0.4 is 10.6 Å². The Labute approximate surface area is 130 Å². The number of carbonyl (C=O) groups excluding carboxylic acids is 1. The molecule has 2 aliphatic rings. The lowest BCUT2D eigenvalue weighted by Gasteiger charge is -2.33. The molecule has 2 atom stereocenters. The summed E-state index contributed by atoms with van der Waals surface area (Å²) < 4.78 is 37.8. The number of piperidine rings is 1. The highest BCUT2D eigenvalue weighted by atomic mass is 35.5. The van der Waals surface area contributed by atoms with E-state index in [0.717, 1.165) is 25.1 Å². The number of hydrogen-bond donors (Lipinski definition) is 2. The van der Waals surface area contributed by atoms with Gasteiger partial charge in [0.05, 0.1) is 16.6 Å². The highest BCUT2D eigenvalue weighted by Gasteiger charge is 2.40. The first-order valence-corrected chi connectivity index (χ1v) is 7.51. The summed E-state index contributed by atoms with van der Waals surface area (Å²) in [6.07, 6.45) is -0.591. The molecular weight excluding hydrogens is 319 g/mol. The maximum absolute atomic E-state index is 12.6. The molecule has 0 unspecified atom stereocenters. The van der Waals surface area contributed by atoms with Gasteiger partial charge in [-0.15, -0.1) is 0 Å². The molecule has 1 amide bonds. The van der Waals surface area contributed by atoms with E-state index in [1.807, 2.05) is 0 Å². The molecule has 120 valence electrons. The van der Waals surface area contributed by atoms with E-state index in [9.17, 15) is 18.0 Å². The lowest BCUT2D eigenvalue weighted by atomic mass is 9.94. The van der Waals surface area contributed by atoms with Crippen molar-refractivity contribution in [3.05, 3.63) is 22.8 Å². The lowest BCUT2D eigenvalue weighted by Crippen LogP contribution is -2.52. The number of hydrogen-bond acceptors (Lipinski definition) is 3. The minimum Gasteiger partial charge on any atom is -0.364 e. The molecule has 2 N–H and O–H groups in total. The number of nitrogens with zero attached hydrogens (tertiary/aromatic N) is 1. The first kappa shape index (κ1) is 15.4. The summed E-state index contributed by atoms with van der Waals surface area (Å²) >= 11 is 5.91. The first-order chi connectivity index (χ1) is 10.3. The first-order valence-electron chi connectivity index (χ1n) is 7.13. The molecule has 22 heavy (non-hydrogen) atoms. The van der Waals surface area contributed by atoms with Gasteiger partial charge in [-0.05, 0) is 31.2 Å². The van der Waals surface area contributed by atoms with Crippen molar-refractivity contribution in [1.82, 2.24) is 10.3 Å². The third-order valence-corrected chi connectivity index (χ3v) is 4.35. The van der Waals surface area contributed by atoms with Crippen molar-refractivity contribution >= 4 is 23.3 Å². The van der Waals surface area contributed by atoms with Gasteiger partial charge in [-0.3, -0.25) is 4.79 Å². The fourth-order valence-electron chi connectivity index (χ4n) is 2.76. The molecule has 1 saturated carbocycles. The smallest absolute Gasteiger partial charge is 0.364 e. The number of rotatable bonds is 3. The second-order valence-corrected chi connectivity index (χ2v) is 6.18. The second kappa shape index (κ2) is 5.61. The van der Waals surface area contributed by atoms with E-state index in [1.165, 1.54) is 0 Å². The van der Waals surface area contributed by atoms with Crippen LogP contribution in [-0.4, -0.2) is 23.0 Å². The molecule has 0 spiro atoms. The van der Waals surface area contributed by atoms with E-state index in [4.69, 9.17) is 11.6 Å². The number of alkyl halides is 3. The van der Waals surface area contributed by atoms with Crippen LogP contribution in [0.4, 0.5) is 19.0 Å². The Morgan fingerprint density at radius 2 is 2.05 bits per heavy atom. The maximum Gasteiger partial charge on any atom is 0.417 e. The molecule has 1 aromatic heterocycles. The number of carbonyl (C=O) groups is 1. The molecular formula is C14H15ClF3N3O. The number of anilines is 1. The topological polar surface area (TPSA) is 54.0 Å². The summed E-state index contributed by atoms with van der Waals surface area (Å²) in [5, 5.41) is 5.98. The quantitative estimate of drug-likeness (QED) is 0.893. The number of aromatic nitrogens is 1. The largest absolute Gasteiger partial charge is 0.417 e. The third-order valence-electron chi connectivity index (χ3n) is 4.06. The van der Waals surface area contributed by atoms with Gasteiger partial charge < -0.3 is 10.6 Å². The lowest BCUT2D eigenvalue weighted by molar-refractivity contribution is -0.137. The van der Waals surface area contributed by atoms with E-state index < -0.39 is 11.7 Å². The molecule has 1 aromatic rings. The predicted octanol–water partition coefficient (Wildman–Crippen LogP) is 3.22. The van der Waals surface area contributed by atoms with Gasteiger partial charge in [0.1, 0.15) is 5.82 Å². The van der Waals surface area contributed by atoms with Crippen molar-refractivity contribution in [2.45, 2.75) is 43.9 Å². The van der Waals surface area contributed by atoms with Crippen molar-refractivity contribution in [2.75, 3.05) is 5.32 Å². The van der Waals surface area contributed by atoms with E-state index in [2.05, 4.69) is 15.6 Å². The van der Waals surface area contributed by atoms with Gasteiger partial charge in [0.25, 0.3) is 0 Å². The second-order valence-electron chi connectivity index (χ2n) is 5.77. The Hall–Kier alpha value is -1.50. The zero-order chi connectivity index (χ0) is 15.9. The van der Waals surface area contributed by atoms with Gasteiger partial charge in [-0.2, -0.15) is 13.2 Å². The number of nitrogens with one attached hydrogen (secondary N) is 2. The standard InChI is InChI=1S/C14H15ClF3N3O/c15-9-5-8(14(16,17)18)6-19-13(9)20-10-3-4-11(22)21-12(10)7-1-2-7/h5-7,10,12H,1-4H2,(H,19,20)(H,21,22)/t10-,12+/m1/s1. The van der Waals surface area contributed by atoms with Crippen LogP contribution in [0.2, 0.25) is 5.02 Å². The van der Waals surface area contributed by atoms with Crippen LogP contribution in [0.1, 0.15) is 31.2 Å². The van der Waals surface area contributed by atoms with Crippen LogP contribution in [0.3, 0.4) is 0 Å². The molecule has 0 aromatic carbocycles. The van der Waals surface area contributed by atoms with Crippen molar-refractivity contribution in [3.8, 4) is 0 Å². The van der Waals surface area contributed by atoms with Gasteiger partial charge in [-0.25, -0.2) is 4.98 Å². The molecule has 2 heterocycles. The van der Waals surface area contributed by atoms with E-state index in [0.29, 0.717) is 18.8 Å². The van der Waals surface area contributed by atoms with Crippen molar-refractivity contribution in [2.24, 2.45) is 5.92 Å². The van der Waals surface area contributed by atoms with Crippen LogP contribution in [-0.2, 0) is 11.0 Å². The fourth-order valence-corrected chi connectivity index (χ4v) is 2.98. The Kier molecular flexibility index (Phi) is 3.92. The summed E-state index contributed by atoms with van der Waals surface area (Å²) in [4.78, 5) is 15.3. The molecule has 2 fully saturated rings. The predicted molar refractivity (Wildman–Crippen MR) is 75.5 cm³/mol. The molecule has 0 bridgehead atoms. The Morgan fingerprint density at radius 3 is 2.64 bits per heavy atom. The Bertz CT molecular complexity index is 589. The molecule has 0 radical (unpaired) electrons. The van der Waals surface area contributed by atoms with Crippen LogP contribution >= 0.6 is 11.6 Å². The van der Waals surface area contributed by atoms with Crippen LogP contribution in [0.5, 0.6) is 0 Å². The highest BCUT2D eigenvalue weighted by Crippen LogP contribution is 2.38. The van der Waals surface area contributed by atoms with Crippen LogP contribution in [0, 0.1) is 5.92 Å². The Balaban J connectivity index is 1.76. The third kappa shape index (κ3) is 3.29. The molecule has 1 aliphatic carbocycles. The summed E-state index contributed by atoms with van der Waals surface area (Å²) in [7, 11) is 0. The molecule has 3 rings (SSSR count). The fraction of sp³-hybridized carbons (Fsp3) is 0.571. The molecule has 1 aliphatic heterocycles. The van der Waals surface area contributed by atoms with Gasteiger partial charge in [0.2, 0.25) is 5.91 Å². The van der Waals surface area contributed by atoms with Gasteiger partial charge >= 0.3 is 6.18 Å². The van der Waals surface area contributed by atoms with Crippen LogP contribution in [0.15, 0.2) is 12.3 Å². The van der Waals surface area contributed by atoms with E-state index in [-0.39, 0.29) is 28.8 Å². The van der Waals surface area contributed by atoms with Crippen molar-refractivity contribution < 1.29 is 18.0 Å². The zero-order valence-electron chi connectivity index (χ0n) is 11.6. The summed E-state index contributed by atoms with van der Waals surface area (Å²) in [6, 6.07) is 0.790. The summed E-state index contributed by atoms with van der Waals surface area (Å²) in [5.41, 5.74) is -0.876. The van der Waals surface area contributed by atoms with Crippen molar-refractivity contribution in [1.29, 1.82) is 0 Å². The minimum atomic E-state index is -4.47. The molecule has 1 saturated heterocycles. The van der Waals surface area contributed by atoms with Crippen LogP contribution in [0.25, 0.3) is 0 Å². The van der Waals surface area contributed by atoms with E-state index in [1.54, 1.807) is 0 Å². The monoisotopic (exact) mass is 333 g/mol. The van der Waals surface area contributed by atoms with Gasteiger partial charge in [-0.1, -0.05) is 11.6 Å². The maximum atomic E-state index is 12.6. The highest BCUT2D eigenvalue weighted by molar-refractivity contribution is 6.33. The van der Waals surface area contributed by atoms with Gasteiger partial charge in [0.15, 0.2) is 0 Å². The van der Waals surface area contributed by atoms with Crippen molar-refractivity contribution in [3.63, 3.8) is 0 Å². The summed E-state index contributed by atoms with van der Waals surface area (Å²) in [6.45, 7) is 0. The normalized spacial score (nSPS) is 25.7. The van der Waals surface area contributed by atoms with Gasteiger partial charge in [0, 0.05) is 18.7 Å². The molecule has 4 nitrogen and oxygen atoms in total. The number of amides is 1. The Morgan fingerprint density at radius 1 is 1.32 bits per heavy atom. The minimum absolute atomic E-state index is 0.0126. The van der Waals surface area contributed by atoms with E-state index >= 15 is 0 Å². The number of pyridine rings is 1. The molecule has 8 heteroatoms. The average molecular weight is 334 g/mol. The summed E-state index contributed by atoms with van der Waals surface area (Å²) in [5.74, 6) is 0.665.